The minimum Gasteiger partial charge on any atom is -0.497 e. The van der Waals surface area contributed by atoms with Gasteiger partial charge in [-0.2, -0.15) is 0 Å². The number of rotatable bonds is 4. The second kappa shape index (κ2) is 5.95. The molecular weight excluding hydrogens is 262 g/mol. The Labute approximate surface area is 117 Å². The van der Waals surface area contributed by atoms with E-state index in [0.29, 0.717) is 16.5 Å². The van der Waals surface area contributed by atoms with Crippen molar-refractivity contribution in [3.8, 4) is 17.2 Å². The average molecular weight is 278 g/mol. The van der Waals surface area contributed by atoms with Crippen LogP contribution in [-0.2, 0) is 0 Å². The first kappa shape index (κ1) is 13.7. The van der Waals surface area contributed by atoms with Crippen LogP contribution in [0.5, 0.6) is 17.2 Å². The summed E-state index contributed by atoms with van der Waals surface area (Å²) in [6.45, 7) is 1.91. The van der Waals surface area contributed by atoms with Crippen LogP contribution in [0.25, 0.3) is 0 Å². The lowest BCUT2D eigenvalue weighted by Gasteiger charge is -2.11. The number of hydrogen-bond acceptors (Lipinski definition) is 3. The Bertz CT molecular complexity index is 570. The van der Waals surface area contributed by atoms with Gasteiger partial charge >= 0.3 is 0 Å². The zero-order valence-corrected chi connectivity index (χ0v) is 11.6. The fourth-order valence-corrected chi connectivity index (χ4v) is 1.90. The molecule has 0 aliphatic carbocycles. The molecular formula is C15H16ClNO2. The zero-order chi connectivity index (χ0) is 13.8. The van der Waals surface area contributed by atoms with E-state index in [4.69, 9.17) is 26.8 Å². The molecule has 2 rings (SSSR count). The van der Waals surface area contributed by atoms with Crippen molar-refractivity contribution < 1.29 is 9.47 Å². The van der Waals surface area contributed by atoms with Gasteiger partial charge in [0.1, 0.15) is 17.2 Å². The number of ether oxygens (including phenoxy) is 2. The first-order chi connectivity index (χ1) is 9.10. The first-order valence-electron chi connectivity index (χ1n) is 5.97. The van der Waals surface area contributed by atoms with Crippen molar-refractivity contribution in [1.29, 1.82) is 0 Å². The lowest BCUT2D eigenvalue weighted by molar-refractivity contribution is 0.409. The minimum atomic E-state index is -0.0524. The van der Waals surface area contributed by atoms with Gasteiger partial charge in [-0.25, -0.2) is 0 Å². The van der Waals surface area contributed by atoms with Gasteiger partial charge in [-0.05, 0) is 36.8 Å². The lowest BCUT2D eigenvalue weighted by Crippen LogP contribution is -2.04. The topological polar surface area (TPSA) is 44.5 Å². The third kappa shape index (κ3) is 3.40. The van der Waals surface area contributed by atoms with E-state index < -0.39 is 0 Å². The van der Waals surface area contributed by atoms with E-state index in [1.807, 2.05) is 43.3 Å². The van der Waals surface area contributed by atoms with Gasteiger partial charge in [-0.15, -0.1) is 0 Å². The Kier molecular flexibility index (Phi) is 4.30. The Balaban J connectivity index is 2.23. The summed E-state index contributed by atoms with van der Waals surface area (Å²) in [5, 5.41) is 0.539. The smallest absolute Gasteiger partial charge is 0.146 e. The zero-order valence-electron chi connectivity index (χ0n) is 10.9. The number of halogens is 1. The molecule has 2 aromatic carbocycles. The Morgan fingerprint density at radius 1 is 1.11 bits per heavy atom. The highest BCUT2D eigenvalue weighted by Gasteiger charge is 2.07. The van der Waals surface area contributed by atoms with Gasteiger partial charge in [-0.3, -0.25) is 0 Å². The van der Waals surface area contributed by atoms with E-state index in [1.165, 1.54) is 0 Å². The van der Waals surface area contributed by atoms with E-state index in [2.05, 4.69) is 0 Å². The Hall–Kier alpha value is -1.71. The summed E-state index contributed by atoms with van der Waals surface area (Å²) < 4.78 is 10.9. The second-order valence-corrected chi connectivity index (χ2v) is 4.67. The van der Waals surface area contributed by atoms with Gasteiger partial charge in [0.25, 0.3) is 0 Å². The summed E-state index contributed by atoms with van der Waals surface area (Å²) in [6, 6.07) is 12.9. The summed E-state index contributed by atoms with van der Waals surface area (Å²) in [6.07, 6.45) is 0. The molecule has 2 N–H and O–H groups in total. The summed E-state index contributed by atoms with van der Waals surface area (Å²) in [5.74, 6) is 2.01. The van der Waals surface area contributed by atoms with Gasteiger partial charge < -0.3 is 15.2 Å². The maximum absolute atomic E-state index is 6.19. The van der Waals surface area contributed by atoms with Crippen LogP contribution in [0.4, 0.5) is 0 Å². The fourth-order valence-electron chi connectivity index (χ4n) is 1.67. The van der Waals surface area contributed by atoms with Crippen molar-refractivity contribution in [3.63, 3.8) is 0 Å². The molecule has 0 aliphatic heterocycles. The third-order valence-electron chi connectivity index (χ3n) is 2.75. The van der Waals surface area contributed by atoms with Crippen LogP contribution in [0.3, 0.4) is 0 Å². The first-order valence-corrected chi connectivity index (χ1v) is 6.35. The molecule has 0 radical (unpaired) electrons. The van der Waals surface area contributed by atoms with Gasteiger partial charge in [0.05, 0.1) is 12.1 Å². The standard InChI is InChI=1S/C15H16ClNO2/c1-10(17)11-6-7-15(14(16)8-11)19-13-5-3-4-12(9-13)18-2/h3-10H,17H2,1-2H3/t10-/m1/s1. The highest BCUT2D eigenvalue weighted by atomic mass is 35.5. The van der Waals surface area contributed by atoms with Crippen molar-refractivity contribution in [2.75, 3.05) is 7.11 Å². The molecule has 0 aliphatic rings. The van der Waals surface area contributed by atoms with Crippen molar-refractivity contribution in [3.05, 3.63) is 53.1 Å². The van der Waals surface area contributed by atoms with E-state index in [0.717, 1.165) is 11.3 Å². The van der Waals surface area contributed by atoms with Crippen LogP contribution in [0, 0.1) is 0 Å². The maximum atomic E-state index is 6.19. The molecule has 0 saturated carbocycles. The molecule has 0 amide bonds. The van der Waals surface area contributed by atoms with Gasteiger partial charge in [0.2, 0.25) is 0 Å². The van der Waals surface area contributed by atoms with Crippen LogP contribution in [0.15, 0.2) is 42.5 Å². The molecule has 0 saturated heterocycles. The summed E-state index contributed by atoms with van der Waals surface area (Å²) in [4.78, 5) is 0. The molecule has 0 fully saturated rings. The Morgan fingerprint density at radius 3 is 2.47 bits per heavy atom. The molecule has 2 aromatic rings. The van der Waals surface area contributed by atoms with E-state index >= 15 is 0 Å². The van der Waals surface area contributed by atoms with E-state index in [-0.39, 0.29) is 6.04 Å². The van der Waals surface area contributed by atoms with Gasteiger partial charge in [-0.1, -0.05) is 23.7 Å². The largest absolute Gasteiger partial charge is 0.497 e. The van der Waals surface area contributed by atoms with Crippen molar-refractivity contribution in [2.24, 2.45) is 5.73 Å². The molecule has 4 heteroatoms. The Morgan fingerprint density at radius 2 is 1.84 bits per heavy atom. The molecule has 0 unspecified atom stereocenters. The number of methoxy groups -OCH3 is 1. The molecule has 3 nitrogen and oxygen atoms in total. The molecule has 0 heterocycles. The fraction of sp³-hybridized carbons (Fsp3) is 0.200. The van der Waals surface area contributed by atoms with Crippen LogP contribution in [-0.4, -0.2) is 7.11 Å². The molecule has 19 heavy (non-hydrogen) atoms. The van der Waals surface area contributed by atoms with Crippen LogP contribution in [0.1, 0.15) is 18.5 Å². The number of benzene rings is 2. The van der Waals surface area contributed by atoms with Crippen LogP contribution < -0.4 is 15.2 Å². The normalized spacial score (nSPS) is 12.0. The summed E-state index contributed by atoms with van der Waals surface area (Å²) in [5.41, 5.74) is 6.78. The highest BCUT2D eigenvalue weighted by molar-refractivity contribution is 6.32. The maximum Gasteiger partial charge on any atom is 0.146 e. The minimum absolute atomic E-state index is 0.0524. The summed E-state index contributed by atoms with van der Waals surface area (Å²) >= 11 is 6.19. The SMILES string of the molecule is COc1cccc(Oc2ccc([C@@H](C)N)cc2Cl)c1. The number of nitrogens with two attached hydrogens (primary N) is 1. The van der Waals surface area contributed by atoms with E-state index in [9.17, 15) is 0 Å². The molecule has 1 atom stereocenters. The summed E-state index contributed by atoms with van der Waals surface area (Å²) in [7, 11) is 1.61. The van der Waals surface area contributed by atoms with Crippen molar-refractivity contribution >= 4 is 11.6 Å². The lowest BCUT2D eigenvalue weighted by atomic mass is 10.1. The predicted octanol–water partition coefficient (Wildman–Crippen LogP) is 4.16. The van der Waals surface area contributed by atoms with Crippen LogP contribution >= 0.6 is 11.6 Å². The number of hydrogen-bond donors (Lipinski definition) is 1. The van der Waals surface area contributed by atoms with Gasteiger partial charge in [0, 0.05) is 12.1 Å². The monoisotopic (exact) mass is 277 g/mol. The molecule has 0 bridgehead atoms. The van der Waals surface area contributed by atoms with Gasteiger partial charge in [0.15, 0.2) is 0 Å². The second-order valence-electron chi connectivity index (χ2n) is 4.26. The van der Waals surface area contributed by atoms with Crippen molar-refractivity contribution in [1.82, 2.24) is 0 Å². The molecule has 0 spiro atoms. The van der Waals surface area contributed by atoms with E-state index in [1.54, 1.807) is 13.2 Å². The molecule has 100 valence electrons. The van der Waals surface area contributed by atoms with Crippen LogP contribution in [0.2, 0.25) is 5.02 Å². The average Bonchev–Trinajstić information content (AvgIpc) is 2.41. The molecule has 0 aromatic heterocycles. The highest BCUT2D eigenvalue weighted by Crippen LogP contribution is 2.32. The predicted molar refractivity (Wildman–Crippen MR) is 77.1 cm³/mol. The quantitative estimate of drug-likeness (QED) is 0.912. The third-order valence-corrected chi connectivity index (χ3v) is 3.05. The van der Waals surface area contributed by atoms with Crippen molar-refractivity contribution in [2.45, 2.75) is 13.0 Å².